The first-order valence-corrected chi connectivity index (χ1v) is 5.65. The average molecular weight is 201 g/mol. The lowest BCUT2D eigenvalue weighted by atomic mass is 9.98. The molecule has 3 nitrogen and oxygen atoms in total. The van der Waals surface area contributed by atoms with Crippen molar-refractivity contribution < 1.29 is 9.84 Å². The summed E-state index contributed by atoms with van der Waals surface area (Å²) in [4.78, 5) is 2.49. The molecule has 2 atom stereocenters. The highest BCUT2D eigenvalue weighted by atomic mass is 16.5. The van der Waals surface area contributed by atoms with E-state index in [-0.39, 0.29) is 0 Å². The summed E-state index contributed by atoms with van der Waals surface area (Å²) in [6, 6.07) is 1.05. The number of hydrogen-bond acceptors (Lipinski definition) is 3. The summed E-state index contributed by atoms with van der Waals surface area (Å²) in [5, 5.41) is 8.99. The Labute approximate surface area is 87.1 Å². The lowest BCUT2D eigenvalue weighted by Crippen LogP contribution is -2.47. The number of ether oxygens (including phenoxy) is 1. The van der Waals surface area contributed by atoms with E-state index in [1.54, 1.807) is 7.11 Å². The molecular weight excluding hydrogens is 178 g/mol. The molecule has 1 fully saturated rings. The second kappa shape index (κ2) is 6.38. The van der Waals surface area contributed by atoms with Crippen molar-refractivity contribution in [1.29, 1.82) is 0 Å². The monoisotopic (exact) mass is 201 g/mol. The van der Waals surface area contributed by atoms with Crippen LogP contribution in [0.4, 0.5) is 0 Å². The van der Waals surface area contributed by atoms with Crippen molar-refractivity contribution in [3.05, 3.63) is 0 Å². The summed E-state index contributed by atoms with van der Waals surface area (Å²) < 4.78 is 5.18. The number of rotatable bonds is 5. The molecule has 1 aliphatic rings. The summed E-state index contributed by atoms with van der Waals surface area (Å²) in [5.41, 5.74) is 0. The zero-order chi connectivity index (χ0) is 10.4. The Morgan fingerprint density at radius 1 is 1.50 bits per heavy atom. The lowest BCUT2D eigenvalue weighted by molar-refractivity contribution is 0.0389. The molecule has 0 aromatic carbocycles. The maximum Gasteiger partial charge on any atom is 0.0615 e. The van der Waals surface area contributed by atoms with Gasteiger partial charge in [0, 0.05) is 25.8 Å². The van der Waals surface area contributed by atoms with Gasteiger partial charge in [-0.1, -0.05) is 6.42 Å². The SMILES string of the molecule is COCC(C)N1CCCCC1CCO. The Morgan fingerprint density at radius 2 is 2.29 bits per heavy atom. The van der Waals surface area contributed by atoms with E-state index >= 15 is 0 Å². The van der Waals surface area contributed by atoms with Gasteiger partial charge in [-0.05, 0) is 32.7 Å². The molecule has 0 amide bonds. The molecule has 1 heterocycles. The van der Waals surface area contributed by atoms with Crippen LogP contribution >= 0.6 is 0 Å². The van der Waals surface area contributed by atoms with Gasteiger partial charge in [0.1, 0.15) is 0 Å². The number of aliphatic hydroxyl groups excluding tert-OH is 1. The van der Waals surface area contributed by atoms with E-state index in [0.29, 0.717) is 18.7 Å². The Balaban J connectivity index is 2.44. The van der Waals surface area contributed by atoms with E-state index in [2.05, 4.69) is 11.8 Å². The zero-order valence-electron chi connectivity index (χ0n) is 9.41. The third kappa shape index (κ3) is 3.23. The van der Waals surface area contributed by atoms with Crippen LogP contribution < -0.4 is 0 Å². The third-order valence-corrected chi connectivity index (χ3v) is 3.11. The normalized spacial score (nSPS) is 26.4. The van der Waals surface area contributed by atoms with Crippen LogP contribution in [0, 0.1) is 0 Å². The molecule has 3 heteroatoms. The zero-order valence-corrected chi connectivity index (χ0v) is 9.41. The largest absolute Gasteiger partial charge is 0.396 e. The predicted octanol–water partition coefficient (Wildman–Crippen LogP) is 1.26. The number of hydrogen-bond donors (Lipinski definition) is 1. The standard InChI is InChI=1S/C11H23NO2/c1-10(9-14-2)12-7-4-3-5-11(12)6-8-13/h10-11,13H,3-9H2,1-2H3. The molecule has 0 bridgehead atoms. The number of aliphatic hydroxyl groups is 1. The van der Waals surface area contributed by atoms with Crippen molar-refractivity contribution >= 4 is 0 Å². The molecule has 2 unspecified atom stereocenters. The van der Waals surface area contributed by atoms with Crippen LogP contribution in [0.15, 0.2) is 0 Å². The van der Waals surface area contributed by atoms with E-state index in [4.69, 9.17) is 9.84 Å². The highest BCUT2D eigenvalue weighted by Gasteiger charge is 2.25. The van der Waals surface area contributed by atoms with Gasteiger partial charge in [-0.2, -0.15) is 0 Å². The molecule has 0 radical (unpaired) electrons. The van der Waals surface area contributed by atoms with E-state index in [1.807, 2.05) is 0 Å². The first-order valence-electron chi connectivity index (χ1n) is 5.65. The molecular formula is C11H23NO2. The van der Waals surface area contributed by atoms with Crippen LogP contribution in [0.25, 0.3) is 0 Å². The molecule has 1 saturated heterocycles. The van der Waals surface area contributed by atoms with Crippen LogP contribution in [0.5, 0.6) is 0 Å². The molecule has 1 aliphatic heterocycles. The Kier molecular flexibility index (Phi) is 5.45. The van der Waals surface area contributed by atoms with Gasteiger partial charge in [0.25, 0.3) is 0 Å². The predicted molar refractivity (Wildman–Crippen MR) is 57.4 cm³/mol. The maximum absolute atomic E-state index is 8.99. The Hall–Kier alpha value is -0.120. The highest BCUT2D eigenvalue weighted by molar-refractivity contribution is 4.80. The van der Waals surface area contributed by atoms with Gasteiger partial charge < -0.3 is 9.84 Å². The van der Waals surface area contributed by atoms with Crippen molar-refractivity contribution in [2.24, 2.45) is 0 Å². The van der Waals surface area contributed by atoms with Gasteiger partial charge in [0.15, 0.2) is 0 Å². The molecule has 0 aromatic heterocycles. The third-order valence-electron chi connectivity index (χ3n) is 3.11. The fraction of sp³-hybridized carbons (Fsp3) is 1.00. The van der Waals surface area contributed by atoms with Gasteiger partial charge in [-0.15, -0.1) is 0 Å². The molecule has 0 aromatic rings. The summed E-state index contributed by atoms with van der Waals surface area (Å²) >= 11 is 0. The second-order valence-corrected chi connectivity index (χ2v) is 4.20. The van der Waals surface area contributed by atoms with Crippen molar-refractivity contribution in [3.8, 4) is 0 Å². The minimum absolute atomic E-state index is 0.306. The number of piperidine rings is 1. The smallest absolute Gasteiger partial charge is 0.0615 e. The Morgan fingerprint density at radius 3 is 2.93 bits per heavy atom. The topological polar surface area (TPSA) is 32.7 Å². The minimum atomic E-state index is 0.306. The van der Waals surface area contributed by atoms with E-state index in [1.165, 1.54) is 19.3 Å². The van der Waals surface area contributed by atoms with Gasteiger partial charge in [-0.3, -0.25) is 4.90 Å². The quantitative estimate of drug-likeness (QED) is 0.727. The molecule has 0 spiro atoms. The van der Waals surface area contributed by atoms with Crippen LogP contribution in [-0.2, 0) is 4.74 Å². The van der Waals surface area contributed by atoms with E-state index in [9.17, 15) is 0 Å². The van der Waals surface area contributed by atoms with Gasteiger partial charge in [-0.25, -0.2) is 0 Å². The van der Waals surface area contributed by atoms with Crippen LogP contribution in [0.2, 0.25) is 0 Å². The summed E-state index contributed by atoms with van der Waals surface area (Å²) in [6.07, 6.45) is 4.74. The van der Waals surface area contributed by atoms with Crippen molar-refractivity contribution in [2.75, 3.05) is 26.9 Å². The molecule has 1 rings (SSSR count). The highest BCUT2D eigenvalue weighted by Crippen LogP contribution is 2.21. The molecule has 0 aliphatic carbocycles. The van der Waals surface area contributed by atoms with Crippen molar-refractivity contribution in [3.63, 3.8) is 0 Å². The number of methoxy groups -OCH3 is 1. The van der Waals surface area contributed by atoms with Crippen LogP contribution in [0.3, 0.4) is 0 Å². The molecule has 0 saturated carbocycles. The minimum Gasteiger partial charge on any atom is -0.396 e. The van der Waals surface area contributed by atoms with Gasteiger partial charge in [0.05, 0.1) is 6.61 Å². The second-order valence-electron chi connectivity index (χ2n) is 4.20. The van der Waals surface area contributed by atoms with Crippen LogP contribution in [-0.4, -0.2) is 49.0 Å². The van der Waals surface area contributed by atoms with Crippen LogP contribution in [0.1, 0.15) is 32.6 Å². The summed E-state index contributed by atoms with van der Waals surface area (Å²) in [6.45, 7) is 4.47. The summed E-state index contributed by atoms with van der Waals surface area (Å²) in [7, 11) is 1.75. The fourth-order valence-corrected chi connectivity index (χ4v) is 2.40. The first kappa shape index (κ1) is 12.0. The fourth-order valence-electron chi connectivity index (χ4n) is 2.40. The van der Waals surface area contributed by atoms with Crippen molar-refractivity contribution in [1.82, 2.24) is 4.90 Å². The van der Waals surface area contributed by atoms with Crippen molar-refractivity contribution in [2.45, 2.75) is 44.7 Å². The molecule has 84 valence electrons. The van der Waals surface area contributed by atoms with Gasteiger partial charge >= 0.3 is 0 Å². The van der Waals surface area contributed by atoms with E-state index in [0.717, 1.165) is 19.6 Å². The molecule has 1 N–H and O–H groups in total. The number of likely N-dealkylation sites (tertiary alicyclic amines) is 1. The molecule has 14 heavy (non-hydrogen) atoms. The van der Waals surface area contributed by atoms with Gasteiger partial charge in [0.2, 0.25) is 0 Å². The number of nitrogens with zero attached hydrogens (tertiary/aromatic N) is 1. The average Bonchev–Trinajstić information content (AvgIpc) is 2.19. The Bertz CT molecular complexity index is 150. The van der Waals surface area contributed by atoms with E-state index < -0.39 is 0 Å². The first-order chi connectivity index (χ1) is 6.79. The maximum atomic E-state index is 8.99. The lowest BCUT2D eigenvalue weighted by Gasteiger charge is -2.39. The summed E-state index contributed by atoms with van der Waals surface area (Å²) in [5.74, 6) is 0.